The van der Waals surface area contributed by atoms with Gasteiger partial charge in [-0.3, -0.25) is 9.97 Å². The molecule has 0 aliphatic carbocycles. The molecule has 0 aromatic carbocycles. The van der Waals surface area contributed by atoms with E-state index >= 15 is 0 Å². The minimum absolute atomic E-state index is 0.489. The summed E-state index contributed by atoms with van der Waals surface area (Å²) in [5.74, 6) is 0.489. The van der Waals surface area contributed by atoms with Crippen LogP contribution in [0.5, 0.6) is 0 Å². The van der Waals surface area contributed by atoms with Crippen LogP contribution in [0.15, 0.2) is 49.1 Å². The Morgan fingerprint density at radius 1 is 1.10 bits per heavy atom. The third kappa shape index (κ3) is 3.14. The summed E-state index contributed by atoms with van der Waals surface area (Å²) < 4.78 is 0. The Morgan fingerprint density at radius 2 is 2.00 bits per heavy atom. The van der Waals surface area contributed by atoms with Crippen LogP contribution >= 0.6 is 11.6 Å². The van der Waals surface area contributed by atoms with Gasteiger partial charge in [-0.2, -0.15) is 0 Å². The topological polar surface area (TPSA) is 63.6 Å². The fraction of sp³-hybridized carbons (Fsp3) is 0.0667. The minimum Gasteiger partial charge on any atom is -0.323 e. The van der Waals surface area contributed by atoms with Crippen LogP contribution in [-0.4, -0.2) is 19.9 Å². The number of anilines is 2. The molecule has 6 heteroatoms. The molecule has 0 radical (unpaired) electrons. The van der Waals surface area contributed by atoms with Crippen molar-refractivity contribution >= 4 is 23.2 Å². The minimum atomic E-state index is 0.489. The first kappa shape index (κ1) is 13.5. The zero-order chi connectivity index (χ0) is 14.7. The summed E-state index contributed by atoms with van der Waals surface area (Å²) in [6, 6.07) is 7.45. The number of aryl methyl sites for hydroxylation is 1. The van der Waals surface area contributed by atoms with Gasteiger partial charge in [0.2, 0.25) is 5.95 Å². The number of pyridine rings is 2. The second-order valence-corrected chi connectivity index (χ2v) is 4.86. The Balaban J connectivity index is 1.92. The van der Waals surface area contributed by atoms with E-state index in [9.17, 15) is 0 Å². The number of nitrogens with zero attached hydrogens (tertiary/aromatic N) is 4. The zero-order valence-electron chi connectivity index (χ0n) is 11.3. The van der Waals surface area contributed by atoms with Crippen LogP contribution in [0.25, 0.3) is 11.3 Å². The van der Waals surface area contributed by atoms with E-state index in [1.54, 1.807) is 30.9 Å². The van der Waals surface area contributed by atoms with Crippen LogP contribution < -0.4 is 5.32 Å². The Hall–Kier alpha value is -2.53. The lowest BCUT2D eigenvalue weighted by molar-refractivity contribution is 1.14. The first-order chi connectivity index (χ1) is 10.2. The van der Waals surface area contributed by atoms with Gasteiger partial charge in [-0.1, -0.05) is 11.6 Å². The highest BCUT2D eigenvalue weighted by Crippen LogP contribution is 2.22. The summed E-state index contributed by atoms with van der Waals surface area (Å²) in [6.45, 7) is 1.89. The molecular formula is C15H12ClN5. The second kappa shape index (κ2) is 5.85. The lowest BCUT2D eigenvalue weighted by atomic mass is 10.2. The van der Waals surface area contributed by atoms with E-state index in [4.69, 9.17) is 11.6 Å². The van der Waals surface area contributed by atoms with E-state index in [1.807, 2.05) is 25.1 Å². The normalized spacial score (nSPS) is 10.4. The Morgan fingerprint density at radius 3 is 2.81 bits per heavy atom. The van der Waals surface area contributed by atoms with Crippen molar-refractivity contribution in [2.75, 3.05) is 5.32 Å². The molecule has 0 bridgehead atoms. The summed E-state index contributed by atoms with van der Waals surface area (Å²) in [6.07, 6.45) is 6.79. The van der Waals surface area contributed by atoms with Crippen molar-refractivity contribution in [3.05, 3.63) is 59.8 Å². The van der Waals surface area contributed by atoms with E-state index in [0.717, 1.165) is 22.6 Å². The van der Waals surface area contributed by atoms with E-state index in [2.05, 4.69) is 25.3 Å². The summed E-state index contributed by atoms with van der Waals surface area (Å²) in [5, 5.41) is 3.70. The third-order valence-electron chi connectivity index (χ3n) is 2.91. The van der Waals surface area contributed by atoms with E-state index in [-0.39, 0.29) is 0 Å². The van der Waals surface area contributed by atoms with Crippen molar-refractivity contribution in [2.45, 2.75) is 6.92 Å². The van der Waals surface area contributed by atoms with Gasteiger partial charge in [0, 0.05) is 30.4 Å². The number of hydrogen-bond donors (Lipinski definition) is 1. The van der Waals surface area contributed by atoms with Gasteiger partial charge in [0.15, 0.2) is 0 Å². The highest BCUT2D eigenvalue weighted by molar-refractivity contribution is 6.30. The fourth-order valence-corrected chi connectivity index (χ4v) is 2.01. The quantitative estimate of drug-likeness (QED) is 0.799. The number of aromatic nitrogens is 4. The number of nitrogens with one attached hydrogen (secondary N) is 1. The van der Waals surface area contributed by atoms with Gasteiger partial charge >= 0.3 is 0 Å². The summed E-state index contributed by atoms with van der Waals surface area (Å²) >= 11 is 5.96. The number of hydrogen-bond acceptors (Lipinski definition) is 5. The molecule has 0 fully saturated rings. The van der Waals surface area contributed by atoms with Gasteiger partial charge < -0.3 is 5.32 Å². The van der Waals surface area contributed by atoms with Crippen molar-refractivity contribution < 1.29 is 0 Å². The lowest BCUT2D eigenvalue weighted by Crippen LogP contribution is -2.00. The summed E-state index contributed by atoms with van der Waals surface area (Å²) in [7, 11) is 0. The maximum Gasteiger partial charge on any atom is 0.227 e. The number of halogens is 1. The molecule has 0 spiro atoms. The molecular weight excluding hydrogens is 286 g/mol. The van der Waals surface area contributed by atoms with Crippen molar-refractivity contribution in [1.29, 1.82) is 0 Å². The monoisotopic (exact) mass is 297 g/mol. The molecule has 0 atom stereocenters. The van der Waals surface area contributed by atoms with Crippen LogP contribution in [0.3, 0.4) is 0 Å². The summed E-state index contributed by atoms with van der Waals surface area (Å²) in [5.41, 5.74) is 3.35. The average molecular weight is 298 g/mol. The van der Waals surface area contributed by atoms with Crippen molar-refractivity contribution in [1.82, 2.24) is 19.9 Å². The number of rotatable bonds is 3. The highest BCUT2D eigenvalue weighted by atomic mass is 35.5. The molecule has 1 N–H and O–H groups in total. The molecule has 3 aromatic rings. The Kier molecular flexibility index (Phi) is 3.75. The van der Waals surface area contributed by atoms with Crippen LogP contribution in [-0.2, 0) is 0 Å². The first-order valence-electron chi connectivity index (χ1n) is 6.35. The standard InChI is InChI=1S/C15H12ClN5/c1-10-14(7-12(16)9-19-10)21-15-18-6-4-13(20-15)11-3-2-5-17-8-11/h2-9H,1H3,(H,18,20,21). The van der Waals surface area contributed by atoms with Gasteiger partial charge in [0.05, 0.1) is 22.1 Å². The molecule has 0 saturated carbocycles. The largest absolute Gasteiger partial charge is 0.323 e. The van der Waals surface area contributed by atoms with Crippen LogP contribution in [0, 0.1) is 6.92 Å². The van der Waals surface area contributed by atoms with E-state index in [1.165, 1.54) is 0 Å². The third-order valence-corrected chi connectivity index (χ3v) is 3.12. The molecule has 104 valence electrons. The predicted molar refractivity (Wildman–Crippen MR) is 82.5 cm³/mol. The Bertz CT molecular complexity index is 761. The molecule has 3 rings (SSSR count). The molecule has 0 amide bonds. The van der Waals surface area contributed by atoms with Gasteiger partial charge in [-0.15, -0.1) is 0 Å². The van der Waals surface area contributed by atoms with Gasteiger partial charge in [0.1, 0.15) is 0 Å². The predicted octanol–water partition coefficient (Wildman–Crippen LogP) is 3.64. The fourth-order valence-electron chi connectivity index (χ4n) is 1.85. The first-order valence-corrected chi connectivity index (χ1v) is 6.73. The smallest absolute Gasteiger partial charge is 0.227 e. The lowest BCUT2D eigenvalue weighted by Gasteiger charge is -2.08. The van der Waals surface area contributed by atoms with Crippen molar-refractivity contribution in [3.8, 4) is 11.3 Å². The maximum absolute atomic E-state index is 5.96. The van der Waals surface area contributed by atoms with E-state index in [0.29, 0.717) is 11.0 Å². The molecule has 5 nitrogen and oxygen atoms in total. The van der Waals surface area contributed by atoms with Crippen LogP contribution in [0.2, 0.25) is 5.02 Å². The molecule has 21 heavy (non-hydrogen) atoms. The molecule has 3 heterocycles. The van der Waals surface area contributed by atoms with E-state index < -0.39 is 0 Å². The molecule has 0 unspecified atom stereocenters. The van der Waals surface area contributed by atoms with Gasteiger partial charge in [-0.05, 0) is 31.2 Å². The maximum atomic E-state index is 5.96. The summed E-state index contributed by atoms with van der Waals surface area (Å²) in [4.78, 5) is 17.0. The molecule has 0 aliphatic heterocycles. The molecule has 0 saturated heterocycles. The molecule has 0 aliphatic rings. The van der Waals surface area contributed by atoms with Gasteiger partial charge in [0.25, 0.3) is 0 Å². The van der Waals surface area contributed by atoms with Crippen molar-refractivity contribution in [3.63, 3.8) is 0 Å². The molecule has 3 aromatic heterocycles. The Labute approximate surface area is 127 Å². The SMILES string of the molecule is Cc1ncc(Cl)cc1Nc1nccc(-c2cccnc2)n1. The van der Waals surface area contributed by atoms with Crippen LogP contribution in [0.1, 0.15) is 5.69 Å². The van der Waals surface area contributed by atoms with Crippen molar-refractivity contribution in [2.24, 2.45) is 0 Å². The second-order valence-electron chi connectivity index (χ2n) is 4.42. The zero-order valence-corrected chi connectivity index (χ0v) is 12.0. The van der Waals surface area contributed by atoms with Gasteiger partial charge in [-0.25, -0.2) is 9.97 Å². The average Bonchev–Trinajstić information content (AvgIpc) is 2.52. The van der Waals surface area contributed by atoms with Crippen LogP contribution in [0.4, 0.5) is 11.6 Å². The highest BCUT2D eigenvalue weighted by Gasteiger charge is 2.05.